The molecule has 4 heterocycles. The fourth-order valence-corrected chi connectivity index (χ4v) is 5.62. The Morgan fingerprint density at radius 3 is 2.60 bits per heavy atom. The maximum absolute atomic E-state index is 13.4. The third kappa shape index (κ3) is 5.36. The normalized spacial score (nSPS) is 18.8. The summed E-state index contributed by atoms with van der Waals surface area (Å²) >= 11 is 6.00. The predicted molar refractivity (Wildman–Crippen MR) is 156 cm³/mol. The second-order valence-electron chi connectivity index (χ2n) is 11.4. The average Bonchev–Trinajstić information content (AvgIpc) is 2.95. The second-order valence-corrected chi connectivity index (χ2v) is 11.8. The van der Waals surface area contributed by atoms with Crippen molar-refractivity contribution in [2.45, 2.75) is 26.4 Å². The first-order valence-corrected chi connectivity index (χ1v) is 13.9. The summed E-state index contributed by atoms with van der Waals surface area (Å²) in [6, 6.07) is 17.5. The third-order valence-corrected chi connectivity index (χ3v) is 7.78. The molecule has 40 heavy (non-hydrogen) atoms. The van der Waals surface area contributed by atoms with Gasteiger partial charge in [-0.1, -0.05) is 67.9 Å². The second kappa shape index (κ2) is 10.5. The molecule has 1 aromatic heterocycles. The van der Waals surface area contributed by atoms with E-state index in [4.69, 9.17) is 21.3 Å². The van der Waals surface area contributed by atoms with E-state index in [-0.39, 0.29) is 36.4 Å². The number of nitrogens with zero attached hydrogens (tertiary/aromatic N) is 3. The van der Waals surface area contributed by atoms with Gasteiger partial charge in [0, 0.05) is 30.2 Å². The van der Waals surface area contributed by atoms with Crippen LogP contribution in [-0.2, 0) is 16.1 Å². The zero-order chi connectivity index (χ0) is 27.9. The minimum absolute atomic E-state index is 0.0179. The van der Waals surface area contributed by atoms with Crippen LogP contribution in [-0.4, -0.2) is 54.5 Å². The number of carbonyl (C=O) groups is 2. The van der Waals surface area contributed by atoms with Crippen molar-refractivity contribution in [2.24, 2.45) is 5.41 Å². The van der Waals surface area contributed by atoms with Crippen LogP contribution in [0.1, 0.15) is 36.6 Å². The third-order valence-electron chi connectivity index (χ3n) is 7.53. The molecular formula is C31H32ClN5O3. The van der Waals surface area contributed by atoms with E-state index < -0.39 is 0 Å². The number of benzene rings is 2. The molecule has 2 N–H and O–H groups in total. The number of anilines is 2. The summed E-state index contributed by atoms with van der Waals surface area (Å²) in [5.74, 6) is 1.10. The standard InChI is InChI=1S/C31H32ClN5O3/c1-31(2)18-37(19-31)27(38)16-36-15-22(30(39)34-13-20-8-10-23(32)11-9-20)12-24-28-25(14-33-29(24)36)35-26(17-40-28)21-6-4-3-5-7-21/h3-12,14,26,35H,13,15-19H2,1-2H3,(H,34,39)/t26-/m0/s1. The largest absolute Gasteiger partial charge is 0.488 e. The van der Waals surface area contributed by atoms with Gasteiger partial charge in [0.2, 0.25) is 11.8 Å². The molecular weight excluding hydrogens is 526 g/mol. The number of carbonyl (C=O) groups excluding carboxylic acids is 2. The number of aromatic nitrogens is 1. The molecule has 1 saturated heterocycles. The van der Waals surface area contributed by atoms with Gasteiger partial charge in [-0.15, -0.1) is 0 Å². The first-order valence-electron chi connectivity index (χ1n) is 13.5. The Kier molecular flexibility index (Phi) is 6.88. The molecule has 0 aliphatic carbocycles. The van der Waals surface area contributed by atoms with Gasteiger partial charge in [-0.2, -0.15) is 0 Å². The van der Waals surface area contributed by atoms with Gasteiger partial charge < -0.3 is 25.2 Å². The summed E-state index contributed by atoms with van der Waals surface area (Å²) in [6.45, 7) is 6.96. The molecule has 0 saturated carbocycles. The van der Waals surface area contributed by atoms with E-state index >= 15 is 0 Å². The number of fused-ring (bicyclic) bond motifs is 3. The van der Waals surface area contributed by atoms with Crippen molar-refractivity contribution in [1.29, 1.82) is 0 Å². The zero-order valence-corrected chi connectivity index (χ0v) is 23.4. The van der Waals surface area contributed by atoms with Gasteiger partial charge in [0.15, 0.2) is 5.75 Å². The smallest absolute Gasteiger partial charge is 0.249 e. The van der Waals surface area contributed by atoms with E-state index in [0.29, 0.717) is 40.9 Å². The number of rotatable bonds is 6. The van der Waals surface area contributed by atoms with E-state index in [1.807, 2.05) is 46.2 Å². The molecule has 0 radical (unpaired) electrons. The molecule has 0 bridgehead atoms. The van der Waals surface area contributed by atoms with Gasteiger partial charge in [-0.3, -0.25) is 9.59 Å². The van der Waals surface area contributed by atoms with Gasteiger partial charge in [-0.05, 0) is 34.8 Å². The van der Waals surface area contributed by atoms with Crippen molar-refractivity contribution in [3.63, 3.8) is 0 Å². The Bertz CT molecular complexity index is 1460. The van der Waals surface area contributed by atoms with Crippen molar-refractivity contribution < 1.29 is 14.3 Å². The number of likely N-dealkylation sites (tertiary alicyclic amines) is 1. The van der Waals surface area contributed by atoms with Crippen molar-refractivity contribution in [3.05, 3.63) is 88.1 Å². The Morgan fingerprint density at radius 1 is 1.12 bits per heavy atom. The first kappa shape index (κ1) is 26.2. The molecule has 1 atom stereocenters. The molecule has 6 rings (SSSR count). The van der Waals surface area contributed by atoms with Gasteiger partial charge in [0.1, 0.15) is 12.4 Å². The van der Waals surface area contributed by atoms with Crippen molar-refractivity contribution in [2.75, 3.05) is 43.0 Å². The number of pyridine rings is 1. The maximum atomic E-state index is 13.4. The highest BCUT2D eigenvalue weighted by atomic mass is 35.5. The van der Waals surface area contributed by atoms with E-state index in [1.165, 1.54) is 0 Å². The lowest BCUT2D eigenvalue weighted by Crippen LogP contribution is -2.58. The molecule has 2 aromatic carbocycles. The molecule has 3 aliphatic rings. The number of amides is 2. The maximum Gasteiger partial charge on any atom is 0.249 e. The lowest BCUT2D eigenvalue weighted by molar-refractivity contribution is -0.139. The summed E-state index contributed by atoms with van der Waals surface area (Å²) in [4.78, 5) is 35.0. The number of halogens is 1. The monoisotopic (exact) mass is 557 g/mol. The molecule has 8 nitrogen and oxygen atoms in total. The van der Waals surface area contributed by atoms with Gasteiger partial charge in [-0.25, -0.2) is 4.98 Å². The predicted octanol–water partition coefficient (Wildman–Crippen LogP) is 4.67. The van der Waals surface area contributed by atoms with Gasteiger partial charge in [0.05, 0.1) is 36.6 Å². The molecule has 1 fully saturated rings. The summed E-state index contributed by atoms with van der Waals surface area (Å²) in [5, 5.41) is 7.19. The SMILES string of the molecule is CC1(C)CN(C(=O)CN2CC(C(=O)NCc3ccc(Cl)cc3)=Cc3c2ncc2c3OC[C@@H](c3ccccc3)N2)C1. The Morgan fingerprint density at radius 2 is 1.88 bits per heavy atom. The van der Waals surface area contributed by atoms with E-state index in [9.17, 15) is 9.59 Å². The van der Waals surface area contributed by atoms with Crippen LogP contribution in [0.4, 0.5) is 11.5 Å². The fraction of sp³-hybridized carbons (Fsp3) is 0.323. The van der Waals surface area contributed by atoms with Crippen LogP contribution >= 0.6 is 11.6 Å². The van der Waals surface area contributed by atoms with Crippen LogP contribution in [0, 0.1) is 5.41 Å². The summed E-state index contributed by atoms with van der Waals surface area (Å²) in [5.41, 5.74) is 4.20. The van der Waals surface area contributed by atoms with Crippen LogP contribution in [0.5, 0.6) is 5.75 Å². The first-order chi connectivity index (χ1) is 19.3. The van der Waals surface area contributed by atoms with Crippen LogP contribution in [0.2, 0.25) is 5.02 Å². The fourth-order valence-electron chi connectivity index (χ4n) is 5.50. The topological polar surface area (TPSA) is 86.8 Å². The average molecular weight is 558 g/mol. The number of hydrogen-bond donors (Lipinski definition) is 2. The summed E-state index contributed by atoms with van der Waals surface area (Å²) in [7, 11) is 0. The highest BCUT2D eigenvalue weighted by Gasteiger charge is 2.38. The molecule has 0 unspecified atom stereocenters. The van der Waals surface area contributed by atoms with Crippen LogP contribution in [0.15, 0.2) is 66.4 Å². The lowest BCUT2D eigenvalue weighted by atomic mass is 9.84. The van der Waals surface area contributed by atoms with E-state index in [2.05, 4.69) is 36.6 Å². The quantitative estimate of drug-likeness (QED) is 0.458. The minimum atomic E-state index is -0.202. The summed E-state index contributed by atoms with van der Waals surface area (Å²) < 4.78 is 6.30. The van der Waals surface area contributed by atoms with E-state index in [1.54, 1.807) is 18.3 Å². The van der Waals surface area contributed by atoms with Crippen LogP contribution < -0.4 is 20.3 Å². The molecule has 3 aromatic rings. The minimum Gasteiger partial charge on any atom is -0.488 e. The van der Waals surface area contributed by atoms with E-state index in [0.717, 1.165) is 29.9 Å². The van der Waals surface area contributed by atoms with Gasteiger partial charge >= 0.3 is 0 Å². The Balaban J connectivity index is 1.27. The van der Waals surface area contributed by atoms with Crippen LogP contribution in [0.25, 0.3) is 6.08 Å². The highest BCUT2D eigenvalue weighted by molar-refractivity contribution is 6.30. The molecule has 3 aliphatic heterocycles. The van der Waals surface area contributed by atoms with Crippen molar-refractivity contribution >= 4 is 41.0 Å². The van der Waals surface area contributed by atoms with Gasteiger partial charge in [0.25, 0.3) is 0 Å². The highest BCUT2D eigenvalue weighted by Crippen LogP contribution is 2.43. The molecule has 0 spiro atoms. The number of nitrogens with one attached hydrogen (secondary N) is 2. The Labute approximate surface area is 239 Å². The lowest BCUT2D eigenvalue weighted by Gasteiger charge is -2.46. The zero-order valence-electron chi connectivity index (χ0n) is 22.6. The number of ether oxygens (including phenoxy) is 1. The molecule has 9 heteroatoms. The summed E-state index contributed by atoms with van der Waals surface area (Å²) in [6.07, 6.45) is 3.60. The Hall–Kier alpha value is -4.04. The number of hydrogen-bond acceptors (Lipinski definition) is 6. The van der Waals surface area contributed by atoms with Crippen molar-refractivity contribution in [1.82, 2.24) is 15.2 Å². The van der Waals surface area contributed by atoms with Crippen molar-refractivity contribution in [3.8, 4) is 5.75 Å². The van der Waals surface area contributed by atoms with Crippen LogP contribution in [0.3, 0.4) is 0 Å². The molecule has 206 valence electrons. The molecule has 2 amide bonds.